The summed E-state index contributed by atoms with van der Waals surface area (Å²) in [6.45, 7) is 2.28. The molecule has 0 fully saturated rings. The third-order valence-corrected chi connectivity index (χ3v) is 4.93. The molecule has 30 heavy (non-hydrogen) atoms. The first-order chi connectivity index (χ1) is 14.6. The largest absolute Gasteiger partial charge is 0.347 e. The van der Waals surface area contributed by atoms with Gasteiger partial charge in [-0.3, -0.25) is 4.79 Å². The molecule has 1 aromatic carbocycles. The maximum Gasteiger partial charge on any atom is 0.247 e. The highest BCUT2D eigenvalue weighted by Crippen LogP contribution is 2.18. The molecular formula is C24H23N5O. The van der Waals surface area contributed by atoms with Crippen LogP contribution in [0.25, 0.3) is 17.0 Å². The average molecular weight is 397 g/mol. The molecule has 0 spiro atoms. The Kier molecular flexibility index (Phi) is 5.57. The molecule has 0 saturated heterocycles. The van der Waals surface area contributed by atoms with Crippen molar-refractivity contribution in [3.8, 4) is 0 Å². The highest BCUT2D eigenvalue weighted by molar-refractivity contribution is 5.97. The Labute approximate surface area is 175 Å². The number of fused-ring (bicyclic) bond motifs is 1. The number of pyridine rings is 2. The summed E-state index contributed by atoms with van der Waals surface area (Å²) in [4.78, 5) is 21.1. The number of rotatable bonds is 6. The van der Waals surface area contributed by atoms with E-state index < -0.39 is 0 Å². The van der Waals surface area contributed by atoms with Crippen LogP contribution in [0.2, 0.25) is 0 Å². The van der Waals surface area contributed by atoms with E-state index in [1.807, 2.05) is 55.6 Å². The molecule has 0 atom stereocenters. The summed E-state index contributed by atoms with van der Waals surface area (Å²) in [5.41, 5.74) is 3.70. The van der Waals surface area contributed by atoms with Crippen LogP contribution in [0.15, 0.2) is 78.6 Å². The van der Waals surface area contributed by atoms with E-state index in [1.54, 1.807) is 19.3 Å². The van der Waals surface area contributed by atoms with Crippen LogP contribution in [-0.4, -0.2) is 20.4 Å². The third kappa shape index (κ3) is 4.38. The standard InChI is InChI=1S/C24H23N5O/c1-17(13-18-10-11-23(26-15-18)28-22-9-5-6-12-25-22)24(30)27-16-20-14-19-7-3-4-8-21(19)29(20)2/h3-15H,16H2,1-2H3,(H,27,30)(H,25,26,28)/b17-13+. The number of aryl methyl sites for hydroxylation is 1. The molecule has 6 nitrogen and oxygen atoms in total. The fraction of sp³-hybridized carbons (Fsp3) is 0.125. The molecule has 3 aromatic heterocycles. The van der Waals surface area contributed by atoms with Gasteiger partial charge in [-0.1, -0.05) is 24.3 Å². The Bertz CT molecular complexity index is 1190. The Hall–Kier alpha value is -3.93. The normalized spacial score (nSPS) is 11.5. The summed E-state index contributed by atoms with van der Waals surface area (Å²) < 4.78 is 2.10. The van der Waals surface area contributed by atoms with E-state index in [4.69, 9.17) is 0 Å². The lowest BCUT2D eigenvalue weighted by Crippen LogP contribution is -2.24. The summed E-state index contributed by atoms with van der Waals surface area (Å²) in [6, 6.07) is 19.7. The molecule has 0 unspecified atom stereocenters. The van der Waals surface area contributed by atoms with Crippen LogP contribution in [0.5, 0.6) is 0 Å². The Morgan fingerprint density at radius 1 is 1.03 bits per heavy atom. The predicted octanol–water partition coefficient (Wildman–Crippen LogP) is 4.43. The number of benzene rings is 1. The number of carbonyl (C=O) groups excluding carboxylic acids is 1. The van der Waals surface area contributed by atoms with Gasteiger partial charge in [0.25, 0.3) is 0 Å². The van der Waals surface area contributed by atoms with Crippen molar-refractivity contribution in [2.45, 2.75) is 13.5 Å². The lowest BCUT2D eigenvalue weighted by Gasteiger charge is -2.08. The highest BCUT2D eigenvalue weighted by Gasteiger charge is 2.08. The first kappa shape index (κ1) is 19.4. The van der Waals surface area contributed by atoms with E-state index in [2.05, 4.69) is 43.4 Å². The molecule has 4 rings (SSSR count). The number of para-hydroxylation sites is 1. The second kappa shape index (κ2) is 8.61. The number of carbonyl (C=O) groups is 1. The number of aromatic nitrogens is 3. The molecular weight excluding hydrogens is 374 g/mol. The second-order valence-corrected chi connectivity index (χ2v) is 7.08. The van der Waals surface area contributed by atoms with Crippen molar-refractivity contribution in [1.82, 2.24) is 19.9 Å². The van der Waals surface area contributed by atoms with Crippen LogP contribution in [0, 0.1) is 0 Å². The second-order valence-electron chi connectivity index (χ2n) is 7.08. The van der Waals surface area contributed by atoms with Gasteiger partial charge in [0.15, 0.2) is 0 Å². The van der Waals surface area contributed by atoms with E-state index in [0.717, 1.165) is 22.6 Å². The van der Waals surface area contributed by atoms with Gasteiger partial charge in [-0.25, -0.2) is 9.97 Å². The highest BCUT2D eigenvalue weighted by atomic mass is 16.1. The summed E-state index contributed by atoms with van der Waals surface area (Å²) in [7, 11) is 2.01. The van der Waals surface area contributed by atoms with E-state index in [-0.39, 0.29) is 5.91 Å². The van der Waals surface area contributed by atoms with Crippen LogP contribution in [-0.2, 0) is 18.4 Å². The molecule has 6 heteroatoms. The Morgan fingerprint density at radius 2 is 1.83 bits per heavy atom. The minimum atomic E-state index is -0.101. The fourth-order valence-corrected chi connectivity index (χ4v) is 3.27. The Balaban J connectivity index is 1.38. The third-order valence-electron chi connectivity index (χ3n) is 4.93. The molecule has 0 radical (unpaired) electrons. The molecule has 0 aliphatic rings. The number of amides is 1. The van der Waals surface area contributed by atoms with Crippen LogP contribution < -0.4 is 10.6 Å². The zero-order valence-electron chi connectivity index (χ0n) is 17.0. The summed E-state index contributed by atoms with van der Waals surface area (Å²) in [5, 5.41) is 7.30. The molecule has 150 valence electrons. The van der Waals surface area contributed by atoms with Crippen molar-refractivity contribution >= 4 is 34.5 Å². The van der Waals surface area contributed by atoms with Gasteiger partial charge in [-0.15, -0.1) is 0 Å². The van der Waals surface area contributed by atoms with Gasteiger partial charge in [-0.2, -0.15) is 0 Å². The van der Waals surface area contributed by atoms with E-state index in [0.29, 0.717) is 17.9 Å². The molecule has 0 aliphatic heterocycles. The Morgan fingerprint density at radius 3 is 2.57 bits per heavy atom. The monoisotopic (exact) mass is 397 g/mol. The predicted molar refractivity (Wildman–Crippen MR) is 120 cm³/mol. The minimum Gasteiger partial charge on any atom is -0.347 e. The first-order valence-electron chi connectivity index (χ1n) is 9.74. The molecule has 0 saturated carbocycles. The topological polar surface area (TPSA) is 71.8 Å². The van der Waals surface area contributed by atoms with E-state index in [9.17, 15) is 4.79 Å². The minimum absolute atomic E-state index is 0.101. The fourth-order valence-electron chi connectivity index (χ4n) is 3.27. The smallest absolute Gasteiger partial charge is 0.247 e. The molecule has 1 amide bonds. The van der Waals surface area contributed by atoms with Gasteiger partial charge in [0.2, 0.25) is 5.91 Å². The zero-order valence-corrected chi connectivity index (χ0v) is 17.0. The quantitative estimate of drug-likeness (QED) is 0.472. The van der Waals surface area contributed by atoms with Gasteiger partial charge in [0.05, 0.1) is 6.54 Å². The van der Waals surface area contributed by atoms with Gasteiger partial charge in [0, 0.05) is 36.2 Å². The lowest BCUT2D eigenvalue weighted by molar-refractivity contribution is -0.117. The number of hydrogen-bond donors (Lipinski definition) is 2. The molecule has 3 heterocycles. The zero-order chi connectivity index (χ0) is 20.9. The van der Waals surface area contributed by atoms with Crippen LogP contribution in [0.1, 0.15) is 18.2 Å². The van der Waals surface area contributed by atoms with E-state index in [1.165, 1.54) is 5.39 Å². The summed E-state index contributed by atoms with van der Waals surface area (Å²) >= 11 is 0. The number of hydrogen-bond acceptors (Lipinski definition) is 4. The van der Waals surface area contributed by atoms with Gasteiger partial charge < -0.3 is 15.2 Å². The van der Waals surface area contributed by atoms with Crippen LogP contribution in [0.3, 0.4) is 0 Å². The molecule has 0 aliphatic carbocycles. The molecule has 4 aromatic rings. The SMILES string of the molecule is C/C(=C\c1ccc(Nc2ccccn2)nc1)C(=O)NCc1cc2ccccc2n1C. The number of anilines is 2. The number of nitrogens with one attached hydrogen (secondary N) is 2. The molecule has 0 bridgehead atoms. The number of nitrogens with zero attached hydrogens (tertiary/aromatic N) is 3. The van der Waals surface area contributed by atoms with Crippen LogP contribution >= 0.6 is 0 Å². The van der Waals surface area contributed by atoms with Crippen LogP contribution in [0.4, 0.5) is 11.6 Å². The van der Waals surface area contributed by atoms with Crippen molar-refractivity contribution in [3.63, 3.8) is 0 Å². The summed E-state index contributed by atoms with van der Waals surface area (Å²) in [6.07, 6.45) is 5.28. The molecule has 2 N–H and O–H groups in total. The van der Waals surface area contributed by atoms with Crippen molar-refractivity contribution in [1.29, 1.82) is 0 Å². The maximum atomic E-state index is 12.5. The first-order valence-corrected chi connectivity index (χ1v) is 9.74. The van der Waals surface area contributed by atoms with Crippen molar-refractivity contribution in [3.05, 3.63) is 89.9 Å². The summed E-state index contributed by atoms with van der Waals surface area (Å²) in [5.74, 6) is 1.33. The van der Waals surface area contributed by atoms with Gasteiger partial charge in [0.1, 0.15) is 11.6 Å². The van der Waals surface area contributed by atoms with Gasteiger partial charge in [-0.05, 0) is 60.3 Å². The van der Waals surface area contributed by atoms with E-state index >= 15 is 0 Å². The van der Waals surface area contributed by atoms with Crippen molar-refractivity contribution in [2.75, 3.05) is 5.32 Å². The average Bonchev–Trinajstić information content (AvgIpc) is 3.10. The van der Waals surface area contributed by atoms with Crippen molar-refractivity contribution in [2.24, 2.45) is 7.05 Å². The van der Waals surface area contributed by atoms with Gasteiger partial charge >= 0.3 is 0 Å². The lowest BCUT2D eigenvalue weighted by atomic mass is 10.1. The maximum absolute atomic E-state index is 12.5. The van der Waals surface area contributed by atoms with Crippen molar-refractivity contribution < 1.29 is 4.79 Å².